The lowest BCUT2D eigenvalue weighted by Crippen LogP contribution is -2.35. The molecule has 0 aliphatic carbocycles. The number of carbonyl (C=O) groups excluding carboxylic acids is 1. The average Bonchev–Trinajstić information content (AvgIpc) is 2.80. The van der Waals surface area contributed by atoms with Gasteiger partial charge in [-0.05, 0) is 18.8 Å². The van der Waals surface area contributed by atoms with E-state index in [4.69, 9.17) is 9.05 Å². The first kappa shape index (κ1) is 35.7. The highest BCUT2D eigenvalue weighted by Crippen LogP contribution is 2.39. The number of quaternary nitrogens is 1. The Hall–Kier alpha value is -0.260. The number of hydrogen-bond donors (Lipinski definition) is 0. The van der Waals surface area contributed by atoms with Crippen LogP contribution in [0.3, 0.4) is 0 Å². The van der Waals surface area contributed by atoms with Crippen molar-refractivity contribution in [2.24, 2.45) is 5.92 Å². The van der Waals surface area contributed by atoms with Crippen molar-refractivity contribution in [2.45, 2.75) is 136 Å². The van der Waals surface area contributed by atoms with Gasteiger partial charge in [0.25, 0.3) is 7.82 Å². The Morgan fingerprint density at radius 1 is 0.750 bits per heavy atom. The summed E-state index contributed by atoms with van der Waals surface area (Å²) in [6.07, 6.45) is 21.5. The zero-order valence-corrected chi connectivity index (χ0v) is 25.5. The lowest BCUT2D eigenvalue weighted by molar-refractivity contribution is -0.870. The second-order valence-electron chi connectivity index (χ2n) is 11.7. The van der Waals surface area contributed by atoms with E-state index in [1.807, 2.05) is 6.92 Å². The molecule has 0 aliphatic rings. The third-order valence-electron chi connectivity index (χ3n) is 6.70. The highest BCUT2D eigenvalue weighted by molar-refractivity contribution is 7.45. The first-order valence-electron chi connectivity index (χ1n) is 15.0. The Morgan fingerprint density at radius 3 is 1.72 bits per heavy atom. The van der Waals surface area contributed by atoms with Gasteiger partial charge in [0.15, 0.2) is 0 Å². The Balaban J connectivity index is 4.05. The molecule has 216 valence electrons. The zero-order valence-electron chi connectivity index (χ0n) is 24.6. The Morgan fingerprint density at radius 2 is 1.25 bits per heavy atom. The number of hydrogen-bond acceptors (Lipinski definition) is 5. The number of ketones is 1. The molecule has 36 heavy (non-hydrogen) atoms. The molecule has 0 amide bonds. The van der Waals surface area contributed by atoms with Gasteiger partial charge in [-0.2, -0.15) is 0 Å². The second-order valence-corrected chi connectivity index (χ2v) is 13.1. The summed E-state index contributed by atoms with van der Waals surface area (Å²) in [5.41, 5.74) is 0. The van der Waals surface area contributed by atoms with Crippen LogP contribution >= 0.6 is 7.82 Å². The van der Waals surface area contributed by atoms with E-state index in [0.29, 0.717) is 19.3 Å². The fraction of sp³-hybridized carbons (Fsp3) is 0.966. The van der Waals surface area contributed by atoms with Crippen LogP contribution in [0, 0.1) is 5.92 Å². The highest BCUT2D eigenvalue weighted by Gasteiger charge is 2.18. The average molecular weight is 534 g/mol. The molecule has 0 N–H and O–H groups in total. The summed E-state index contributed by atoms with van der Waals surface area (Å²) in [4.78, 5) is 24.4. The SMILES string of the molecule is CCCCCCCCCCCCCCCCC(COP(=O)([O-])OCCC[N+](C)(C)C)CC(=O)CCC. The van der Waals surface area contributed by atoms with Crippen molar-refractivity contribution in [1.29, 1.82) is 0 Å². The van der Waals surface area contributed by atoms with Gasteiger partial charge >= 0.3 is 0 Å². The predicted octanol–water partition coefficient (Wildman–Crippen LogP) is 7.83. The predicted molar refractivity (Wildman–Crippen MR) is 150 cm³/mol. The lowest BCUT2D eigenvalue weighted by Gasteiger charge is -2.27. The minimum atomic E-state index is -4.33. The molecule has 7 heteroatoms. The van der Waals surface area contributed by atoms with E-state index in [0.717, 1.165) is 36.7 Å². The van der Waals surface area contributed by atoms with Crippen LogP contribution in [0.15, 0.2) is 0 Å². The Bertz CT molecular complexity index is 564. The van der Waals surface area contributed by atoms with Gasteiger partial charge in [-0.15, -0.1) is 0 Å². The molecule has 6 nitrogen and oxygen atoms in total. The van der Waals surface area contributed by atoms with Gasteiger partial charge in [-0.25, -0.2) is 0 Å². The molecule has 0 radical (unpaired) electrons. The van der Waals surface area contributed by atoms with Crippen LogP contribution in [0.5, 0.6) is 0 Å². The molecule has 0 rings (SSSR count). The van der Waals surface area contributed by atoms with Gasteiger partial charge < -0.3 is 18.4 Å². The molecule has 0 aromatic carbocycles. The van der Waals surface area contributed by atoms with E-state index in [1.54, 1.807) is 0 Å². The highest BCUT2D eigenvalue weighted by atomic mass is 31.2. The fourth-order valence-corrected chi connectivity index (χ4v) is 5.34. The molecule has 0 fully saturated rings. The van der Waals surface area contributed by atoms with Crippen LogP contribution in [-0.4, -0.2) is 51.2 Å². The van der Waals surface area contributed by atoms with Crippen molar-refractivity contribution in [2.75, 3.05) is 40.9 Å². The van der Waals surface area contributed by atoms with E-state index in [2.05, 4.69) is 28.1 Å². The first-order chi connectivity index (χ1) is 17.1. The summed E-state index contributed by atoms with van der Waals surface area (Å²) < 4.78 is 23.2. The number of rotatable bonds is 27. The summed E-state index contributed by atoms with van der Waals surface area (Å²) in [7, 11) is 1.85. The molecule has 0 heterocycles. The molecule has 2 unspecified atom stereocenters. The van der Waals surface area contributed by atoms with E-state index in [9.17, 15) is 14.3 Å². The number of carbonyl (C=O) groups is 1. The summed E-state index contributed by atoms with van der Waals surface area (Å²) in [6, 6.07) is 0. The standard InChI is InChI=1S/C29H60NO5P/c1-6-8-9-10-11-12-13-14-15-16-17-18-19-20-23-28(26-29(31)22-7-2)27-35-36(32,33)34-25-21-24-30(3,4)5/h28H,6-27H2,1-5H3. The third-order valence-corrected chi connectivity index (χ3v) is 7.67. The van der Waals surface area contributed by atoms with Crippen LogP contribution < -0.4 is 4.89 Å². The number of phosphoric ester groups is 1. The molecular weight excluding hydrogens is 473 g/mol. The van der Waals surface area contributed by atoms with Crippen LogP contribution in [0.25, 0.3) is 0 Å². The quantitative estimate of drug-likeness (QED) is 0.0611. The van der Waals surface area contributed by atoms with Gasteiger partial charge in [-0.3, -0.25) is 9.36 Å². The molecule has 0 saturated carbocycles. The van der Waals surface area contributed by atoms with Gasteiger partial charge in [0.05, 0.1) is 40.9 Å². The maximum Gasteiger partial charge on any atom is 0.267 e. The van der Waals surface area contributed by atoms with Crippen LogP contribution in [0.2, 0.25) is 0 Å². The molecule has 0 aromatic rings. The molecule has 0 saturated heterocycles. The summed E-state index contributed by atoms with van der Waals surface area (Å²) in [6.45, 7) is 5.26. The number of nitrogens with zero attached hydrogens (tertiary/aromatic N) is 1. The molecule has 0 aromatic heterocycles. The fourth-order valence-electron chi connectivity index (χ4n) is 4.52. The van der Waals surface area contributed by atoms with E-state index in [-0.39, 0.29) is 24.9 Å². The monoisotopic (exact) mass is 533 g/mol. The number of Topliss-reactive ketones (excluding diaryl/α,β-unsaturated/α-hetero) is 1. The van der Waals surface area contributed by atoms with Crippen molar-refractivity contribution >= 4 is 13.6 Å². The minimum absolute atomic E-state index is 0.0456. The molecule has 0 spiro atoms. The Kier molecular flexibility index (Phi) is 22.5. The van der Waals surface area contributed by atoms with Crippen molar-refractivity contribution in [1.82, 2.24) is 0 Å². The normalized spacial score (nSPS) is 14.6. The summed E-state index contributed by atoms with van der Waals surface area (Å²) in [5.74, 6) is 0.138. The van der Waals surface area contributed by atoms with E-state index < -0.39 is 7.82 Å². The summed E-state index contributed by atoms with van der Waals surface area (Å²) in [5, 5.41) is 0. The van der Waals surface area contributed by atoms with Crippen molar-refractivity contribution in [3.63, 3.8) is 0 Å². The van der Waals surface area contributed by atoms with Gasteiger partial charge in [-0.1, -0.05) is 104 Å². The van der Waals surface area contributed by atoms with Crippen molar-refractivity contribution in [3.8, 4) is 0 Å². The molecule has 2 atom stereocenters. The smallest absolute Gasteiger partial charge is 0.267 e. The van der Waals surface area contributed by atoms with Gasteiger partial charge in [0.1, 0.15) is 5.78 Å². The summed E-state index contributed by atoms with van der Waals surface area (Å²) >= 11 is 0. The largest absolute Gasteiger partial charge is 0.756 e. The van der Waals surface area contributed by atoms with E-state index in [1.165, 1.54) is 77.0 Å². The zero-order chi connectivity index (χ0) is 27.1. The van der Waals surface area contributed by atoms with Crippen LogP contribution in [-0.2, 0) is 18.4 Å². The number of phosphoric acid groups is 1. The maximum atomic E-state index is 12.2. The first-order valence-corrected chi connectivity index (χ1v) is 16.5. The topological polar surface area (TPSA) is 75.7 Å². The Labute approximate surface area is 224 Å². The molecular formula is C29H60NO5P. The molecule has 0 bridgehead atoms. The second kappa shape index (κ2) is 22.7. The van der Waals surface area contributed by atoms with Crippen molar-refractivity contribution < 1.29 is 27.8 Å². The minimum Gasteiger partial charge on any atom is -0.756 e. The van der Waals surface area contributed by atoms with Gasteiger partial charge in [0, 0.05) is 19.3 Å². The van der Waals surface area contributed by atoms with E-state index >= 15 is 0 Å². The molecule has 0 aliphatic heterocycles. The van der Waals surface area contributed by atoms with Crippen molar-refractivity contribution in [3.05, 3.63) is 0 Å². The van der Waals surface area contributed by atoms with Gasteiger partial charge in [0.2, 0.25) is 0 Å². The lowest BCUT2D eigenvalue weighted by atomic mass is 9.94. The van der Waals surface area contributed by atoms with Crippen LogP contribution in [0.1, 0.15) is 136 Å². The maximum absolute atomic E-state index is 12.2. The number of unbranched alkanes of at least 4 members (excludes halogenated alkanes) is 13. The van der Waals surface area contributed by atoms with Crippen LogP contribution in [0.4, 0.5) is 0 Å². The third kappa shape index (κ3) is 25.4.